The second-order valence-corrected chi connectivity index (χ2v) is 5.12. The first-order chi connectivity index (χ1) is 9.20. The first-order valence-corrected chi connectivity index (χ1v) is 7.05. The molecule has 19 heavy (non-hydrogen) atoms. The smallest absolute Gasteiger partial charge is 0.0643 e. The monoisotopic (exact) mass is 277 g/mol. The van der Waals surface area contributed by atoms with Crippen molar-refractivity contribution in [1.29, 1.82) is 0 Å². The van der Waals surface area contributed by atoms with Gasteiger partial charge < -0.3 is 5.32 Å². The van der Waals surface area contributed by atoms with Gasteiger partial charge in [-0.25, -0.2) is 0 Å². The molecule has 0 fully saturated rings. The summed E-state index contributed by atoms with van der Waals surface area (Å²) in [6, 6.07) is 10.3. The minimum absolute atomic E-state index is 0.212. The molecule has 2 rings (SSSR count). The molecule has 2 aromatic rings. The van der Waals surface area contributed by atoms with Crippen LogP contribution in [0.4, 0.5) is 0 Å². The highest BCUT2D eigenvalue weighted by molar-refractivity contribution is 6.31. The molecule has 3 nitrogen and oxygen atoms in total. The van der Waals surface area contributed by atoms with Crippen molar-refractivity contribution >= 4 is 11.6 Å². The van der Waals surface area contributed by atoms with Crippen LogP contribution in [0.2, 0.25) is 5.02 Å². The topological polar surface area (TPSA) is 29.9 Å². The predicted molar refractivity (Wildman–Crippen MR) is 79.4 cm³/mol. The predicted octanol–water partition coefficient (Wildman–Crippen LogP) is 3.36. The Labute approximate surface area is 119 Å². The quantitative estimate of drug-likeness (QED) is 0.877. The molecular formula is C15H20ClN3. The maximum absolute atomic E-state index is 6.30. The molecule has 102 valence electrons. The summed E-state index contributed by atoms with van der Waals surface area (Å²) in [4.78, 5) is 0. The molecule has 1 unspecified atom stereocenters. The largest absolute Gasteiger partial charge is 0.310 e. The minimum Gasteiger partial charge on any atom is -0.310 e. The van der Waals surface area contributed by atoms with Gasteiger partial charge in [0.2, 0.25) is 0 Å². The van der Waals surface area contributed by atoms with Crippen LogP contribution in [0, 0.1) is 0 Å². The average molecular weight is 278 g/mol. The van der Waals surface area contributed by atoms with Crippen molar-refractivity contribution in [1.82, 2.24) is 15.1 Å². The first kappa shape index (κ1) is 14.1. The van der Waals surface area contributed by atoms with E-state index in [4.69, 9.17) is 11.6 Å². The molecule has 0 aliphatic rings. The normalized spacial score (nSPS) is 12.6. The lowest BCUT2D eigenvalue weighted by Gasteiger charge is -2.19. The Bertz CT molecular complexity index is 522. The van der Waals surface area contributed by atoms with Crippen molar-refractivity contribution in [3.63, 3.8) is 0 Å². The van der Waals surface area contributed by atoms with Crippen LogP contribution in [0.15, 0.2) is 36.5 Å². The number of benzene rings is 1. The summed E-state index contributed by atoms with van der Waals surface area (Å²) in [6.07, 6.45) is 3.92. The fraction of sp³-hybridized carbons (Fsp3) is 0.400. The third kappa shape index (κ3) is 3.82. The number of nitrogens with one attached hydrogen (secondary N) is 1. The van der Waals surface area contributed by atoms with Gasteiger partial charge in [-0.1, -0.05) is 36.7 Å². The third-order valence-electron chi connectivity index (χ3n) is 3.10. The molecule has 0 amide bonds. The van der Waals surface area contributed by atoms with Crippen molar-refractivity contribution in [2.45, 2.75) is 25.8 Å². The van der Waals surface area contributed by atoms with Gasteiger partial charge in [-0.05, 0) is 30.7 Å². The van der Waals surface area contributed by atoms with Crippen LogP contribution in [-0.4, -0.2) is 16.3 Å². The van der Waals surface area contributed by atoms with Crippen molar-refractivity contribution in [2.75, 3.05) is 6.54 Å². The Morgan fingerprint density at radius 1 is 1.32 bits per heavy atom. The maximum atomic E-state index is 6.30. The van der Waals surface area contributed by atoms with Crippen LogP contribution in [0.25, 0.3) is 0 Å². The number of aryl methyl sites for hydroxylation is 1. The molecule has 1 heterocycles. The standard InChI is InChI=1S/C15H20ClN3/c1-3-9-17-15(11-12-8-10-19(2)18-12)13-6-4-5-7-14(13)16/h4-8,10,15,17H,3,9,11H2,1-2H3. The second kappa shape index (κ2) is 6.73. The van der Waals surface area contributed by atoms with Crippen LogP contribution in [0.1, 0.15) is 30.6 Å². The Balaban J connectivity index is 2.18. The van der Waals surface area contributed by atoms with Crippen LogP contribution in [0.5, 0.6) is 0 Å². The van der Waals surface area contributed by atoms with E-state index in [-0.39, 0.29) is 6.04 Å². The minimum atomic E-state index is 0.212. The van der Waals surface area contributed by atoms with Crippen LogP contribution in [-0.2, 0) is 13.5 Å². The highest BCUT2D eigenvalue weighted by Gasteiger charge is 2.15. The van der Waals surface area contributed by atoms with E-state index in [1.54, 1.807) is 0 Å². The Morgan fingerprint density at radius 3 is 2.74 bits per heavy atom. The molecule has 0 radical (unpaired) electrons. The third-order valence-corrected chi connectivity index (χ3v) is 3.45. The molecular weight excluding hydrogens is 258 g/mol. The molecule has 0 saturated carbocycles. The molecule has 1 aromatic heterocycles. The second-order valence-electron chi connectivity index (χ2n) is 4.71. The molecule has 0 aliphatic heterocycles. The van der Waals surface area contributed by atoms with Gasteiger partial charge in [-0.3, -0.25) is 4.68 Å². The number of aromatic nitrogens is 2. The molecule has 0 spiro atoms. The van der Waals surface area contributed by atoms with E-state index >= 15 is 0 Å². The zero-order valence-electron chi connectivity index (χ0n) is 11.4. The van der Waals surface area contributed by atoms with E-state index in [1.165, 1.54) is 0 Å². The Morgan fingerprint density at radius 2 is 2.11 bits per heavy atom. The summed E-state index contributed by atoms with van der Waals surface area (Å²) in [5.41, 5.74) is 2.22. The molecule has 4 heteroatoms. The number of halogens is 1. The molecule has 1 atom stereocenters. The lowest BCUT2D eigenvalue weighted by molar-refractivity contribution is 0.521. The van der Waals surface area contributed by atoms with Crippen LogP contribution < -0.4 is 5.32 Å². The van der Waals surface area contributed by atoms with Gasteiger partial charge in [0.25, 0.3) is 0 Å². The van der Waals surface area contributed by atoms with Gasteiger partial charge >= 0.3 is 0 Å². The molecule has 0 saturated heterocycles. The lowest BCUT2D eigenvalue weighted by Crippen LogP contribution is -2.24. The summed E-state index contributed by atoms with van der Waals surface area (Å²) in [6.45, 7) is 3.14. The summed E-state index contributed by atoms with van der Waals surface area (Å²) in [5, 5.41) is 8.81. The number of hydrogen-bond donors (Lipinski definition) is 1. The van der Waals surface area contributed by atoms with Gasteiger partial charge in [-0.15, -0.1) is 0 Å². The zero-order chi connectivity index (χ0) is 13.7. The summed E-state index contributed by atoms with van der Waals surface area (Å²) in [7, 11) is 1.94. The summed E-state index contributed by atoms with van der Waals surface area (Å²) >= 11 is 6.30. The van der Waals surface area contributed by atoms with Crippen molar-refractivity contribution in [3.05, 3.63) is 52.8 Å². The Hall–Kier alpha value is -1.32. The van der Waals surface area contributed by atoms with Crippen molar-refractivity contribution in [3.8, 4) is 0 Å². The van der Waals surface area contributed by atoms with E-state index in [1.807, 2.05) is 36.1 Å². The van der Waals surface area contributed by atoms with E-state index in [2.05, 4.69) is 29.5 Å². The highest BCUT2D eigenvalue weighted by atomic mass is 35.5. The highest BCUT2D eigenvalue weighted by Crippen LogP contribution is 2.25. The van der Waals surface area contributed by atoms with Crippen molar-refractivity contribution < 1.29 is 0 Å². The van der Waals surface area contributed by atoms with Gasteiger partial charge in [0.15, 0.2) is 0 Å². The van der Waals surface area contributed by atoms with Crippen molar-refractivity contribution in [2.24, 2.45) is 7.05 Å². The number of nitrogens with zero attached hydrogens (tertiary/aromatic N) is 2. The SMILES string of the molecule is CCCNC(Cc1ccn(C)n1)c1ccccc1Cl. The lowest BCUT2D eigenvalue weighted by atomic mass is 10.0. The molecule has 1 aromatic carbocycles. The van der Waals surface area contributed by atoms with E-state index in [0.29, 0.717) is 0 Å². The van der Waals surface area contributed by atoms with Gasteiger partial charge in [0, 0.05) is 30.7 Å². The number of rotatable bonds is 6. The van der Waals surface area contributed by atoms with Gasteiger partial charge in [0.1, 0.15) is 0 Å². The molecule has 0 aliphatic carbocycles. The van der Waals surface area contributed by atoms with Gasteiger partial charge in [0.05, 0.1) is 5.69 Å². The zero-order valence-corrected chi connectivity index (χ0v) is 12.2. The van der Waals surface area contributed by atoms with Crippen LogP contribution >= 0.6 is 11.6 Å². The fourth-order valence-corrected chi connectivity index (χ4v) is 2.42. The fourth-order valence-electron chi connectivity index (χ4n) is 2.15. The maximum Gasteiger partial charge on any atom is 0.0643 e. The summed E-state index contributed by atoms with van der Waals surface area (Å²) in [5.74, 6) is 0. The van der Waals surface area contributed by atoms with E-state index in [9.17, 15) is 0 Å². The van der Waals surface area contributed by atoms with E-state index < -0.39 is 0 Å². The average Bonchev–Trinajstić information content (AvgIpc) is 2.81. The molecule has 1 N–H and O–H groups in total. The first-order valence-electron chi connectivity index (χ1n) is 6.67. The molecule has 0 bridgehead atoms. The van der Waals surface area contributed by atoms with Gasteiger partial charge in [-0.2, -0.15) is 5.10 Å². The number of hydrogen-bond acceptors (Lipinski definition) is 2. The summed E-state index contributed by atoms with van der Waals surface area (Å²) < 4.78 is 1.83. The van der Waals surface area contributed by atoms with Crippen LogP contribution in [0.3, 0.4) is 0 Å². The Kier molecular flexibility index (Phi) is 5.00. The van der Waals surface area contributed by atoms with E-state index in [0.717, 1.165) is 35.7 Å².